The van der Waals surface area contributed by atoms with Crippen LogP contribution in [0.2, 0.25) is 0 Å². The van der Waals surface area contributed by atoms with Crippen molar-refractivity contribution in [2.75, 3.05) is 0 Å². The van der Waals surface area contributed by atoms with Crippen LogP contribution >= 0.6 is 0 Å². The zero-order valence-corrected chi connectivity index (χ0v) is 25.7. The molecule has 0 saturated heterocycles. The first kappa shape index (κ1) is 26.0. The molecule has 0 unspecified atom stereocenters. The van der Waals surface area contributed by atoms with E-state index in [0.29, 0.717) is 0 Å². The quantitative estimate of drug-likeness (QED) is 0.199. The van der Waals surface area contributed by atoms with Gasteiger partial charge in [0.2, 0.25) is 0 Å². The van der Waals surface area contributed by atoms with Gasteiger partial charge in [-0.1, -0.05) is 135 Å². The van der Waals surface area contributed by atoms with Crippen molar-refractivity contribution in [3.8, 4) is 33.4 Å². The van der Waals surface area contributed by atoms with E-state index in [4.69, 9.17) is 4.42 Å². The molecule has 9 rings (SSSR count). The molecule has 0 aliphatic heterocycles. The molecule has 0 fully saturated rings. The van der Waals surface area contributed by atoms with Crippen LogP contribution in [0.5, 0.6) is 0 Å². The fourth-order valence-corrected chi connectivity index (χ4v) is 7.62. The standard InChI is InChI=1S/C44H32O/c1-27-29-15-16-31-25-28(14-20-34(31)30-9-5-4-6-10-30)13-19-33(27)35(21-17-29)32-18-22-38-40(26-32)44(2,3)39-24-23-37-36-11-7-8-12-41(36)45-43(37)42(38)39/h4-26H,1-3H3. The van der Waals surface area contributed by atoms with Crippen LogP contribution in [0.4, 0.5) is 0 Å². The maximum atomic E-state index is 6.52. The number of furan rings is 1. The highest BCUT2D eigenvalue weighted by atomic mass is 16.3. The predicted octanol–water partition coefficient (Wildman–Crippen LogP) is 12.4. The number of fused-ring (bicyclic) bond motifs is 11. The molecule has 0 radical (unpaired) electrons. The third kappa shape index (κ3) is 3.87. The molecule has 7 aromatic carbocycles. The molecule has 0 saturated carbocycles. The summed E-state index contributed by atoms with van der Waals surface area (Å²) in [6.45, 7) is 6.94. The molecule has 0 atom stereocenters. The molecule has 1 heterocycles. The van der Waals surface area contributed by atoms with Crippen molar-refractivity contribution < 1.29 is 4.42 Å². The minimum Gasteiger partial charge on any atom is -0.455 e. The van der Waals surface area contributed by atoms with Crippen LogP contribution in [0, 0.1) is 6.92 Å². The molecular weight excluding hydrogens is 544 g/mol. The molecule has 8 aromatic rings. The monoisotopic (exact) mass is 576 g/mol. The van der Waals surface area contributed by atoms with Gasteiger partial charge >= 0.3 is 0 Å². The SMILES string of the molecule is Cc1c2ccc(-c3ccc4c(c3)C(C)(C)c3ccc5c(oc6ccccc65)c3-4)c1ccc1ccc(-c3ccccc3)c(cc2)c1. The number of rotatable bonds is 2. The average Bonchev–Trinajstić information content (AvgIpc) is 3.55. The molecule has 4 bridgehead atoms. The van der Waals surface area contributed by atoms with Crippen molar-refractivity contribution in [2.45, 2.75) is 26.2 Å². The second kappa shape index (κ2) is 9.55. The lowest BCUT2D eigenvalue weighted by molar-refractivity contribution is 0.653. The van der Waals surface area contributed by atoms with Crippen LogP contribution in [0.25, 0.3) is 76.9 Å². The summed E-state index contributed by atoms with van der Waals surface area (Å²) in [5, 5.41) is 7.30. The molecular formula is C44H32O. The first-order valence-corrected chi connectivity index (χ1v) is 15.8. The number of hydrogen-bond donors (Lipinski definition) is 0. The third-order valence-corrected chi connectivity index (χ3v) is 10.1. The molecule has 0 spiro atoms. The summed E-state index contributed by atoms with van der Waals surface area (Å²) >= 11 is 0. The molecule has 214 valence electrons. The Bertz CT molecular complexity index is 2510. The fraction of sp³-hybridized carbons (Fsp3) is 0.0909. The van der Waals surface area contributed by atoms with E-state index >= 15 is 0 Å². The van der Waals surface area contributed by atoms with Gasteiger partial charge in [-0.15, -0.1) is 0 Å². The average molecular weight is 577 g/mol. The van der Waals surface area contributed by atoms with E-state index in [-0.39, 0.29) is 5.41 Å². The smallest absolute Gasteiger partial charge is 0.143 e. The summed E-state index contributed by atoms with van der Waals surface area (Å²) in [5.41, 5.74) is 13.3. The topological polar surface area (TPSA) is 13.1 Å². The molecule has 1 aliphatic carbocycles. The number of hydrogen-bond acceptors (Lipinski definition) is 1. The summed E-state index contributed by atoms with van der Waals surface area (Å²) in [6, 6.07) is 51.1. The van der Waals surface area contributed by atoms with Gasteiger partial charge in [0.1, 0.15) is 11.2 Å². The third-order valence-electron chi connectivity index (χ3n) is 10.1. The van der Waals surface area contributed by atoms with Crippen LogP contribution < -0.4 is 0 Å². The summed E-state index contributed by atoms with van der Waals surface area (Å²) in [5.74, 6) is 0. The lowest BCUT2D eigenvalue weighted by Gasteiger charge is -2.22. The Morgan fingerprint density at radius 1 is 0.489 bits per heavy atom. The van der Waals surface area contributed by atoms with Crippen molar-refractivity contribution in [1.29, 1.82) is 0 Å². The minimum atomic E-state index is -0.140. The Hall–Kier alpha value is -5.40. The lowest BCUT2D eigenvalue weighted by atomic mass is 9.81. The Labute approximate surface area is 263 Å². The number of benzene rings is 6. The van der Waals surface area contributed by atoms with Gasteiger partial charge in [-0.05, 0) is 91.2 Å². The number of aryl methyl sites for hydroxylation is 1. The van der Waals surface area contributed by atoms with Gasteiger partial charge in [-0.3, -0.25) is 0 Å². The van der Waals surface area contributed by atoms with Crippen LogP contribution in [-0.2, 0) is 5.41 Å². The van der Waals surface area contributed by atoms with Crippen molar-refractivity contribution in [2.24, 2.45) is 0 Å². The summed E-state index contributed by atoms with van der Waals surface area (Å²) in [7, 11) is 0. The van der Waals surface area contributed by atoms with Gasteiger partial charge in [-0.2, -0.15) is 0 Å². The van der Waals surface area contributed by atoms with Crippen molar-refractivity contribution in [3.05, 3.63) is 156 Å². The van der Waals surface area contributed by atoms with Crippen LogP contribution in [-0.4, -0.2) is 0 Å². The first-order chi connectivity index (χ1) is 22.0. The summed E-state index contributed by atoms with van der Waals surface area (Å²) in [6.07, 6.45) is 0. The highest BCUT2D eigenvalue weighted by molar-refractivity contribution is 6.12. The van der Waals surface area contributed by atoms with Gasteiger partial charge in [0.15, 0.2) is 0 Å². The zero-order chi connectivity index (χ0) is 30.3. The maximum absolute atomic E-state index is 6.52. The highest BCUT2D eigenvalue weighted by Gasteiger charge is 2.38. The Morgan fingerprint density at radius 2 is 1.20 bits per heavy atom. The predicted molar refractivity (Wildman–Crippen MR) is 191 cm³/mol. The highest BCUT2D eigenvalue weighted by Crippen LogP contribution is 2.53. The normalized spacial score (nSPS) is 13.4. The van der Waals surface area contributed by atoms with E-state index in [1.54, 1.807) is 0 Å². The van der Waals surface area contributed by atoms with E-state index in [9.17, 15) is 0 Å². The second-order valence-electron chi connectivity index (χ2n) is 13.0. The molecule has 0 amide bonds. The van der Waals surface area contributed by atoms with Gasteiger partial charge in [0, 0.05) is 21.8 Å². The second-order valence-corrected chi connectivity index (χ2v) is 13.0. The van der Waals surface area contributed by atoms with Gasteiger partial charge in [0.25, 0.3) is 0 Å². The van der Waals surface area contributed by atoms with Crippen molar-refractivity contribution in [1.82, 2.24) is 0 Å². The first-order valence-electron chi connectivity index (χ1n) is 15.8. The van der Waals surface area contributed by atoms with E-state index in [0.717, 1.165) is 11.2 Å². The van der Waals surface area contributed by atoms with Crippen LogP contribution in [0.15, 0.2) is 144 Å². The molecule has 0 N–H and O–H groups in total. The molecule has 1 aliphatic rings. The van der Waals surface area contributed by atoms with Gasteiger partial charge in [-0.25, -0.2) is 0 Å². The van der Waals surface area contributed by atoms with Crippen LogP contribution in [0.1, 0.15) is 30.5 Å². The molecule has 1 aromatic heterocycles. The Morgan fingerprint density at radius 3 is 2.09 bits per heavy atom. The number of para-hydroxylation sites is 1. The van der Waals surface area contributed by atoms with Crippen molar-refractivity contribution >= 4 is 43.5 Å². The summed E-state index contributed by atoms with van der Waals surface area (Å²) in [4.78, 5) is 0. The summed E-state index contributed by atoms with van der Waals surface area (Å²) < 4.78 is 6.52. The van der Waals surface area contributed by atoms with Crippen molar-refractivity contribution in [3.63, 3.8) is 0 Å². The largest absolute Gasteiger partial charge is 0.455 e. The maximum Gasteiger partial charge on any atom is 0.143 e. The van der Waals surface area contributed by atoms with E-state index < -0.39 is 0 Å². The minimum absolute atomic E-state index is 0.140. The molecule has 1 nitrogen and oxygen atoms in total. The van der Waals surface area contributed by atoms with Crippen LogP contribution in [0.3, 0.4) is 0 Å². The Kier molecular flexibility index (Phi) is 5.53. The van der Waals surface area contributed by atoms with Gasteiger partial charge < -0.3 is 4.42 Å². The van der Waals surface area contributed by atoms with E-state index in [1.807, 2.05) is 6.07 Å². The fourth-order valence-electron chi connectivity index (χ4n) is 7.62. The zero-order valence-electron chi connectivity index (χ0n) is 25.7. The lowest BCUT2D eigenvalue weighted by Crippen LogP contribution is -2.14. The Balaban J connectivity index is 1.22. The van der Waals surface area contributed by atoms with Gasteiger partial charge in [0.05, 0.1) is 0 Å². The van der Waals surface area contributed by atoms with E-state index in [1.165, 1.54) is 82.4 Å². The molecule has 1 heteroatoms. The molecule has 45 heavy (non-hydrogen) atoms. The van der Waals surface area contributed by atoms with E-state index in [2.05, 4.69) is 154 Å².